The van der Waals surface area contributed by atoms with Crippen molar-refractivity contribution >= 4 is 12.0 Å². The second-order valence-corrected chi connectivity index (χ2v) is 4.10. The third-order valence-corrected chi connectivity index (χ3v) is 3.22. The lowest BCUT2D eigenvalue weighted by atomic mass is 10.1. The number of para-hydroxylation sites is 1. The Labute approximate surface area is 96.7 Å². The first kappa shape index (κ1) is 11.1. The minimum Gasteiger partial charge on any atom is -0.368 e. The highest BCUT2D eigenvalue weighted by Crippen LogP contribution is 2.20. The first-order valence-corrected chi connectivity index (χ1v) is 5.86. The fourth-order valence-electron chi connectivity index (χ4n) is 2.18. The van der Waals surface area contributed by atoms with Gasteiger partial charge < -0.3 is 9.80 Å². The number of carbonyl (C=O) groups is 1. The smallest absolute Gasteiger partial charge is 0.152 e. The molecule has 1 aromatic rings. The molecule has 0 saturated carbocycles. The minimum absolute atomic E-state index is 0.799. The maximum absolute atomic E-state index is 11.0. The number of nitrogens with zero attached hydrogens (tertiary/aromatic N) is 2. The number of aldehydes is 1. The molecule has 0 atom stereocenters. The van der Waals surface area contributed by atoms with E-state index >= 15 is 0 Å². The molecule has 0 aliphatic carbocycles. The van der Waals surface area contributed by atoms with E-state index in [4.69, 9.17) is 0 Å². The monoisotopic (exact) mass is 218 g/mol. The van der Waals surface area contributed by atoms with Crippen molar-refractivity contribution in [1.82, 2.24) is 4.90 Å². The highest BCUT2D eigenvalue weighted by atomic mass is 16.1. The molecule has 2 rings (SSSR count). The van der Waals surface area contributed by atoms with Crippen LogP contribution in [0.25, 0.3) is 0 Å². The number of hydrogen-bond acceptors (Lipinski definition) is 3. The van der Waals surface area contributed by atoms with Gasteiger partial charge in [-0.25, -0.2) is 0 Å². The van der Waals surface area contributed by atoms with Crippen LogP contribution in [-0.2, 0) is 0 Å². The van der Waals surface area contributed by atoms with Crippen LogP contribution in [0.1, 0.15) is 17.3 Å². The number of likely N-dealkylation sites (N-methyl/N-ethyl adjacent to an activating group) is 1. The van der Waals surface area contributed by atoms with Gasteiger partial charge in [-0.3, -0.25) is 4.79 Å². The molecule has 1 heterocycles. The van der Waals surface area contributed by atoms with Gasteiger partial charge >= 0.3 is 0 Å². The third-order valence-electron chi connectivity index (χ3n) is 3.22. The molecule has 0 N–H and O–H groups in total. The van der Waals surface area contributed by atoms with Crippen LogP contribution in [-0.4, -0.2) is 43.9 Å². The Morgan fingerprint density at radius 2 is 1.88 bits per heavy atom. The van der Waals surface area contributed by atoms with Crippen LogP contribution in [0.4, 0.5) is 5.69 Å². The largest absolute Gasteiger partial charge is 0.368 e. The molecule has 1 aliphatic heterocycles. The summed E-state index contributed by atoms with van der Waals surface area (Å²) in [6.07, 6.45) is 0.946. The first-order chi connectivity index (χ1) is 7.85. The zero-order valence-corrected chi connectivity index (χ0v) is 9.72. The molecular formula is C13H18N2O. The second kappa shape index (κ2) is 5.12. The normalized spacial score (nSPS) is 17.4. The van der Waals surface area contributed by atoms with Crippen molar-refractivity contribution in [3.05, 3.63) is 29.8 Å². The molecule has 0 spiro atoms. The van der Waals surface area contributed by atoms with Crippen LogP contribution in [0.15, 0.2) is 24.3 Å². The van der Waals surface area contributed by atoms with Gasteiger partial charge in [-0.05, 0) is 18.7 Å². The predicted molar refractivity (Wildman–Crippen MR) is 66.2 cm³/mol. The molecule has 0 unspecified atom stereocenters. The predicted octanol–water partition coefficient (Wildman–Crippen LogP) is 1.64. The van der Waals surface area contributed by atoms with E-state index < -0.39 is 0 Å². The van der Waals surface area contributed by atoms with E-state index in [1.54, 1.807) is 0 Å². The van der Waals surface area contributed by atoms with Crippen molar-refractivity contribution in [3.8, 4) is 0 Å². The van der Waals surface area contributed by atoms with Gasteiger partial charge in [0.25, 0.3) is 0 Å². The highest BCUT2D eigenvalue weighted by Gasteiger charge is 2.17. The molecule has 16 heavy (non-hydrogen) atoms. The first-order valence-electron chi connectivity index (χ1n) is 5.86. The summed E-state index contributed by atoms with van der Waals surface area (Å²) >= 11 is 0. The van der Waals surface area contributed by atoms with E-state index in [-0.39, 0.29) is 0 Å². The number of carbonyl (C=O) groups excluding carboxylic acids is 1. The van der Waals surface area contributed by atoms with Gasteiger partial charge in [-0.2, -0.15) is 0 Å². The van der Waals surface area contributed by atoms with Crippen LogP contribution in [0.2, 0.25) is 0 Å². The van der Waals surface area contributed by atoms with Crippen LogP contribution in [0.3, 0.4) is 0 Å². The molecule has 3 nitrogen and oxygen atoms in total. The molecule has 0 radical (unpaired) electrons. The van der Waals surface area contributed by atoms with Crippen LogP contribution >= 0.6 is 0 Å². The lowest BCUT2D eigenvalue weighted by Crippen LogP contribution is -2.46. The molecule has 1 saturated heterocycles. The van der Waals surface area contributed by atoms with Gasteiger partial charge in [0.05, 0.1) is 0 Å². The van der Waals surface area contributed by atoms with Gasteiger partial charge in [0.1, 0.15) is 0 Å². The Kier molecular flexibility index (Phi) is 3.57. The summed E-state index contributed by atoms with van der Waals surface area (Å²) < 4.78 is 0. The lowest BCUT2D eigenvalue weighted by Gasteiger charge is -2.36. The number of hydrogen-bond donors (Lipinski definition) is 0. The fraction of sp³-hybridized carbons (Fsp3) is 0.462. The van der Waals surface area contributed by atoms with Gasteiger partial charge in [0.2, 0.25) is 0 Å². The maximum Gasteiger partial charge on any atom is 0.152 e. The Morgan fingerprint density at radius 1 is 1.19 bits per heavy atom. The van der Waals surface area contributed by atoms with Gasteiger partial charge in [0.15, 0.2) is 6.29 Å². The number of piperazine rings is 1. The van der Waals surface area contributed by atoms with Crippen LogP contribution < -0.4 is 4.90 Å². The molecule has 1 fully saturated rings. The Bertz CT molecular complexity index is 357. The van der Waals surface area contributed by atoms with Gasteiger partial charge in [0, 0.05) is 37.4 Å². The SMILES string of the molecule is CCN1CCN(c2ccccc2C=O)CC1. The average molecular weight is 218 g/mol. The van der Waals surface area contributed by atoms with Crippen molar-refractivity contribution < 1.29 is 4.79 Å². The topological polar surface area (TPSA) is 23.6 Å². The standard InChI is InChI=1S/C13H18N2O/c1-2-14-7-9-15(10-8-14)13-6-4-3-5-12(13)11-16/h3-6,11H,2,7-10H2,1H3. The van der Waals surface area contributed by atoms with E-state index in [1.807, 2.05) is 24.3 Å². The molecule has 0 aromatic heterocycles. The Balaban J connectivity index is 2.10. The van der Waals surface area contributed by atoms with Crippen molar-refractivity contribution in [2.45, 2.75) is 6.92 Å². The third kappa shape index (κ3) is 2.25. The Morgan fingerprint density at radius 3 is 2.50 bits per heavy atom. The van der Waals surface area contributed by atoms with Crippen molar-refractivity contribution in [2.75, 3.05) is 37.6 Å². The van der Waals surface area contributed by atoms with E-state index in [1.165, 1.54) is 0 Å². The molecule has 86 valence electrons. The van der Waals surface area contributed by atoms with E-state index in [0.29, 0.717) is 0 Å². The van der Waals surface area contributed by atoms with E-state index in [2.05, 4.69) is 16.7 Å². The summed E-state index contributed by atoms with van der Waals surface area (Å²) in [4.78, 5) is 15.7. The molecular weight excluding hydrogens is 200 g/mol. The molecule has 0 amide bonds. The summed E-state index contributed by atoms with van der Waals surface area (Å²) in [5.74, 6) is 0. The van der Waals surface area contributed by atoms with Crippen molar-refractivity contribution in [3.63, 3.8) is 0 Å². The summed E-state index contributed by atoms with van der Waals surface area (Å²) in [7, 11) is 0. The number of benzene rings is 1. The summed E-state index contributed by atoms with van der Waals surface area (Å²) in [6.45, 7) is 7.50. The number of rotatable bonds is 3. The molecule has 1 aromatic carbocycles. The average Bonchev–Trinajstić information content (AvgIpc) is 2.39. The molecule has 3 heteroatoms. The van der Waals surface area contributed by atoms with Crippen LogP contribution in [0.5, 0.6) is 0 Å². The lowest BCUT2D eigenvalue weighted by molar-refractivity contribution is 0.112. The maximum atomic E-state index is 11.0. The number of anilines is 1. The quantitative estimate of drug-likeness (QED) is 0.721. The summed E-state index contributed by atoms with van der Waals surface area (Å²) in [5.41, 5.74) is 1.88. The zero-order valence-electron chi connectivity index (χ0n) is 9.72. The minimum atomic E-state index is 0.799. The zero-order chi connectivity index (χ0) is 11.4. The van der Waals surface area contributed by atoms with E-state index in [0.717, 1.165) is 50.3 Å². The van der Waals surface area contributed by atoms with Gasteiger partial charge in [-0.1, -0.05) is 19.1 Å². The van der Waals surface area contributed by atoms with E-state index in [9.17, 15) is 4.79 Å². The van der Waals surface area contributed by atoms with Gasteiger partial charge in [-0.15, -0.1) is 0 Å². The summed E-state index contributed by atoms with van der Waals surface area (Å²) in [5, 5.41) is 0. The van der Waals surface area contributed by atoms with Crippen molar-refractivity contribution in [1.29, 1.82) is 0 Å². The molecule has 0 bridgehead atoms. The molecule has 1 aliphatic rings. The fourth-order valence-corrected chi connectivity index (χ4v) is 2.18. The summed E-state index contributed by atoms with van der Waals surface area (Å²) in [6, 6.07) is 7.82. The van der Waals surface area contributed by atoms with Crippen molar-refractivity contribution in [2.24, 2.45) is 0 Å². The highest BCUT2D eigenvalue weighted by molar-refractivity contribution is 5.84. The second-order valence-electron chi connectivity index (χ2n) is 4.10. The Hall–Kier alpha value is -1.35. The van der Waals surface area contributed by atoms with Crippen LogP contribution in [0, 0.1) is 0 Å².